The molecule has 8 heterocycles. The summed E-state index contributed by atoms with van der Waals surface area (Å²) in [6.45, 7) is 15.3. The topological polar surface area (TPSA) is 147 Å². The Morgan fingerprint density at radius 2 is 1.81 bits per heavy atom. The highest BCUT2D eigenvalue weighted by Gasteiger charge is 2.57. The lowest BCUT2D eigenvalue weighted by Crippen LogP contribution is -2.71. The molecule has 7 aliphatic rings. The number of methoxy groups -OCH3 is 2. The van der Waals surface area contributed by atoms with Crippen LogP contribution in [0.1, 0.15) is 101 Å². The van der Waals surface area contributed by atoms with Gasteiger partial charge in [0.1, 0.15) is 17.1 Å². The van der Waals surface area contributed by atoms with E-state index in [1.807, 2.05) is 12.3 Å². The molecule has 1 unspecified atom stereocenters. The molecule has 11 rings (SSSR count). The van der Waals surface area contributed by atoms with Gasteiger partial charge in [0.05, 0.1) is 48.0 Å². The Morgan fingerprint density at radius 1 is 1.03 bits per heavy atom. The first kappa shape index (κ1) is 46.1. The molecule has 15 nitrogen and oxygen atoms in total. The molecule has 68 heavy (non-hydrogen) atoms. The van der Waals surface area contributed by atoms with Crippen molar-refractivity contribution in [3.8, 4) is 22.5 Å². The number of thiazole rings is 1. The number of fused-ring (bicyclic) bond motifs is 6. The number of esters is 1. The molecule has 3 aromatic heterocycles. The zero-order valence-corrected chi connectivity index (χ0v) is 41.8. The lowest BCUT2D eigenvalue weighted by molar-refractivity contribution is -0.156. The second kappa shape index (κ2) is 17.5. The van der Waals surface area contributed by atoms with E-state index in [4.69, 9.17) is 24.2 Å². The number of nitrogens with zero attached hydrogens (tertiary/aromatic N) is 7. The fraction of sp³-hybridized carbons (Fsp3) is 0.635. The number of ether oxygens (including phenoxy) is 3. The Morgan fingerprint density at radius 3 is 2.51 bits per heavy atom. The molecule has 6 fully saturated rings. The van der Waals surface area contributed by atoms with Gasteiger partial charge in [0.15, 0.2) is 0 Å². The molecule has 1 aromatic carbocycles. The first-order chi connectivity index (χ1) is 32.7. The summed E-state index contributed by atoms with van der Waals surface area (Å²) in [7, 11) is 5.67. The van der Waals surface area contributed by atoms with Crippen LogP contribution in [0.15, 0.2) is 41.9 Å². The van der Waals surface area contributed by atoms with Crippen LogP contribution < -0.4 is 10.7 Å². The van der Waals surface area contributed by atoms with Crippen molar-refractivity contribution in [2.45, 2.75) is 121 Å². The summed E-state index contributed by atoms with van der Waals surface area (Å²) in [5.74, 6) is -0.503. The van der Waals surface area contributed by atoms with Crippen molar-refractivity contribution in [2.24, 2.45) is 23.2 Å². The second-order valence-electron chi connectivity index (χ2n) is 22.2. The Balaban J connectivity index is 1.07. The SMILES string of the molecule is CO[C@H]1CN(C)C2(C1)CN([C@@H]1c3nc(cs3)-c3ccc4c(c3)c(c(-c3cccnc3[C@H](C)OC)n4C3CN(C4CC4)C3)CC(C)(C)COC(=O)[C@@H]3CCCN(N3)C(=O)[C@H]1NC(=O)C1[C@@H](C)[C@H]1C)C2. The highest BCUT2D eigenvalue weighted by molar-refractivity contribution is 7.10. The van der Waals surface area contributed by atoms with Gasteiger partial charge in [0.2, 0.25) is 5.91 Å². The monoisotopic (exact) mass is 948 g/mol. The predicted molar refractivity (Wildman–Crippen MR) is 260 cm³/mol. The summed E-state index contributed by atoms with van der Waals surface area (Å²) in [4.78, 5) is 61.5. The van der Waals surface area contributed by atoms with Gasteiger partial charge in [-0.1, -0.05) is 33.8 Å². The average Bonchev–Trinajstić information content (AvgIpc) is 4.09. The minimum atomic E-state index is -0.963. The van der Waals surface area contributed by atoms with Crippen molar-refractivity contribution < 1.29 is 28.6 Å². The average molecular weight is 948 g/mol. The summed E-state index contributed by atoms with van der Waals surface area (Å²) < 4.78 is 20.7. The molecule has 4 saturated heterocycles. The van der Waals surface area contributed by atoms with Gasteiger partial charge < -0.3 is 24.1 Å². The molecule has 0 radical (unpaired) electrons. The normalized spacial score (nSPS) is 30.5. The number of hydrogen-bond acceptors (Lipinski definition) is 13. The van der Waals surface area contributed by atoms with Crippen LogP contribution in [0.3, 0.4) is 0 Å². The fourth-order valence-corrected chi connectivity index (χ4v) is 13.3. The maximum atomic E-state index is 15.3. The van der Waals surface area contributed by atoms with E-state index >= 15 is 4.79 Å². The second-order valence-corrected chi connectivity index (χ2v) is 23.1. The van der Waals surface area contributed by atoms with E-state index in [0.29, 0.717) is 44.9 Å². The molecular formula is C52H69N9O6S. The zero-order valence-electron chi connectivity index (χ0n) is 41.0. The van der Waals surface area contributed by atoms with Crippen molar-refractivity contribution in [1.82, 2.24) is 45.0 Å². The van der Waals surface area contributed by atoms with E-state index in [2.05, 4.69) is 101 Å². The van der Waals surface area contributed by atoms with Crippen LogP contribution >= 0.6 is 11.3 Å². The number of pyridine rings is 1. The van der Waals surface area contributed by atoms with Crippen molar-refractivity contribution in [3.05, 3.63) is 58.2 Å². The van der Waals surface area contributed by atoms with Crippen LogP contribution in [0, 0.1) is 23.2 Å². The van der Waals surface area contributed by atoms with Gasteiger partial charge in [-0.05, 0) is 94.2 Å². The summed E-state index contributed by atoms with van der Waals surface area (Å²) in [6.07, 6.45) is 6.91. The number of likely N-dealkylation sites (N-methyl/N-ethyl adjacent to an activating group) is 1. The molecule has 2 N–H and O–H groups in total. The fourth-order valence-electron chi connectivity index (χ4n) is 12.3. The van der Waals surface area contributed by atoms with Crippen molar-refractivity contribution in [3.63, 3.8) is 0 Å². The number of cyclic esters (lactones) is 1. The Kier molecular flexibility index (Phi) is 11.9. The third-order valence-corrected chi connectivity index (χ3v) is 17.9. The molecule has 5 aliphatic heterocycles. The minimum Gasteiger partial charge on any atom is -0.464 e. The van der Waals surface area contributed by atoms with Gasteiger partial charge in [0, 0.05) is 110 Å². The maximum Gasteiger partial charge on any atom is 0.324 e. The van der Waals surface area contributed by atoms with Crippen LogP contribution in [0.2, 0.25) is 0 Å². The molecule has 16 heteroatoms. The Labute approximate surface area is 404 Å². The van der Waals surface area contributed by atoms with Crippen LogP contribution in [0.25, 0.3) is 33.4 Å². The summed E-state index contributed by atoms with van der Waals surface area (Å²) in [6, 6.07) is 9.66. The number of rotatable bonds is 9. The molecule has 1 spiro atoms. The van der Waals surface area contributed by atoms with Crippen molar-refractivity contribution in [2.75, 3.05) is 67.1 Å². The molecule has 2 aliphatic carbocycles. The standard InChI is InChI=1S/C52H69N9O6S/c1-29-30(2)42(29)47(62)55-44-46(59-26-52(27-59)20-35(66-8)24-57(52)6)48-54-40(25-68-48)32-13-16-41-37(19-32)38(21-51(4,5)28-67-50(64)39-12-10-18-60(56-39)49(44)63)45(36-11-9-17-53-43(36)31(3)65-7)61(41)34-22-58(23-34)33-14-15-33/h9,11,13,16-17,19,25,29-31,33-35,39,42,44,46,56H,10,12,14-15,18,20-24,26-28H2,1-8H3,(H,55,62)/t29-,30+,31-,35+,39-,42?,44-,46-/m0/s1. The van der Waals surface area contributed by atoms with Gasteiger partial charge in [-0.3, -0.25) is 39.1 Å². The number of aromatic nitrogens is 3. The van der Waals surface area contributed by atoms with Gasteiger partial charge >= 0.3 is 5.97 Å². The van der Waals surface area contributed by atoms with Crippen molar-refractivity contribution in [1.29, 1.82) is 0 Å². The van der Waals surface area contributed by atoms with Gasteiger partial charge in [-0.2, -0.15) is 0 Å². The van der Waals surface area contributed by atoms with Crippen LogP contribution in [0.5, 0.6) is 0 Å². The molecule has 6 bridgehead atoms. The molecule has 2 amide bonds. The number of likely N-dealkylation sites (tertiary alicyclic amines) is 3. The summed E-state index contributed by atoms with van der Waals surface area (Å²) >= 11 is 1.55. The van der Waals surface area contributed by atoms with Crippen LogP contribution in [-0.2, 0) is 35.0 Å². The van der Waals surface area contributed by atoms with Crippen molar-refractivity contribution >= 4 is 40.0 Å². The van der Waals surface area contributed by atoms with E-state index in [1.54, 1.807) is 30.6 Å². The third kappa shape index (κ3) is 8.09. The number of hydrogen-bond donors (Lipinski definition) is 2. The maximum absolute atomic E-state index is 15.3. The zero-order chi connectivity index (χ0) is 47.4. The van der Waals surface area contributed by atoms with E-state index in [-0.39, 0.29) is 65.9 Å². The molecule has 2 saturated carbocycles. The Hall–Kier alpha value is -4.29. The highest BCUT2D eigenvalue weighted by atomic mass is 32.1. The highest BCUT2D eigenvalue weighted by Crippen LogP contribution is 2.49. The largest absolute Gasteiger partial charge is 0.464 e. The lowest BCUT2D eigenvalue weighted by atomic mass is 9.84. The first-order valence-corrected chi connectivity index (χ1v) is 25.9. The molecule has 4 aromatic rings. The van der Waals surface area contributed by atoms with E-state index in [9.17, 15) is 9.59 Å². The third-order valence-electron chi connectivity index (χ3n) is 16.9. The summed E-state index contributed by atoms with van der Waals surface area (Å²) in [5.41, 5.74) is 9.91. The number of amides is 2. The smallest absolute Gasteiger partial charge is 0.324 e. The lowest BCUT2D eigenvalue weighted by Gasteiger charge is -2.55. The number of carbonyl (C=O) groups excluding carboxylic acids is 3. The van der Waals surface area contributed by atoms with Gasteiger partial charge in [-0.15, -0.1) is 11.3 Å². The van der Waals surface area contributed by atoms with E-state index < -0.39 is 23.5 Å². The van der Waals surface area contributed by atoms with Crippen LogP contribution in [-0.4, -0.2) is 149 Å². The van der Waals surface area contributed by atoms with Gasteiger partial charge in [-0.25, -0.2) is 10.4 Å². The van der Waals surface area contributed by atoms with E-state index in [1.165, 1.54) is 18.4 Å². The minimum absolute atomic E-state index is 0.114. The number of carbonyl (C=O) groups is 3. The number of nitrogens with one attached hydrogen (secondary N) is 2. The predicted octanol–water partition coefficient (Wildman–Crippen LogP) is 6.01. The summed E-state index contributed by atoms with van der Waals surface area (Å²) in [5, 5.41) is 8.91. The van der Waals surface area contributed by atoms with Gasteiger partial charge in [0.25, 0.3) is 5.91 Å². The Bertz CT molecular complexity index is 2590. The molecule has 8 atom stereocenters. The quantitative estimate of drug-likeness (QED) is 0.190. The first-order valence-electron chi connectivity index (χ1n) is 25.0. The van der Waals surface area contributed by atoms with Crippen LogP contribution in [0.4, 0.5) is 0 Å². The number of benzene rings is 1. The molecule has 364 valence electrons. The van der Waals surface area contributed by atoms with E-state index in [0.717, 1.165) is 70.2 Å². The number of hydrazine groups is 1. The molecular weight excluding hydrogens is 879 g/mol.